The van der Waals surface area contributed by atoms with Gasteiger partial charge in [-0.2, -0.15) is 0 Å². The molecule has 1 spiro atoms. The van der Waals surface area contributed by atoms with Gasteiger partial charge in [-0.1, -0.05) is 15.9 Å². The predicted molar refractivity (Wildman–Crippen MR) is 79.7 cm³/mol. The average Bonchev–Trinajstić information content (AvgIpc) is 2.88. The minimum absolute atomic E-state index is 0.0259. The highest BCUT2D eigenvalue weighted by Crippen LogP contribution is 2.37. The van der Waals surface area contributed by atoms with Crippen LogP contribution in [0, 0.1) is 5.92 Å². The number of ether oxygens (including phenoxy) is 2. The number of hydrogen-bond acceptors (Lipinski definition) is 4. The van der Waals surface area contributed by atoms with Crippen LogP contribution in [0.25, 0.3) is 0 Å². The molecule has 5 heteroatoms. The van der Waals surface area contributed by atoms with Crippen molar-refractivity contribution in [1.82, 2.24) is 0 Å². The van der Waals surface area contributed by atoms with Gasteiger partial charge in [0.1, 0.15) is 0 Å². The van der Waals surface area contributed by atoms with Gasteiger partial charge in [0.2, 0.25) is 0 Å². The first kappa shape index (κ1) is 14.0. The van der Waals surface area contributed by atoms with Crippen LogP contribution in [-0.4, -0.2) is 31.2 Å². The van der Waals surface area contributed by atoms with E-state index in [1.807, 2.05) is 12.1 Å². The van der Waals surface area contributed by atoms with Crippen molar-refractivity contribution in [1.29, 1.82) is 0 Å². The monoisotopic (exact) mass is 339 g/mol. The SMILES string of the molecule is Nc1ccc(Br)cc1C(=O)C1CCOC2(CCOC2)C1. The van der Waals surface area contributed by atoms with E-state index >= 15 is 0 Å². The second-order valence-electron chi connectivity index (χ2n) is 5.62. The summed E-state index contributed by atoms with van der Waals surface area (Å²) in [5.41, 5.74) is 6.85. The fraction of sp³-hybridized carbons (Fsp3) is 0.533. The van der Waals surface area contributed by atoms with Crippen LogP contribution in [0.15, 0.2) is 22.7 Å². The van der Waals surface area contributed by atoms with Gasteiger partial charge in [-0.05, 0) is 31.0 Å². The summed E-state index contributed by atoms with van der Waals surface area (Å²) in [5.74, 6) is 0.0976. The first-order valence-electron chi connectivity index (χ1n) is 6.91. The molecule has 2 aliphatic heterocycles. The van der Waals surface area contributed by atoms with Crippen molar-refractivity contribution in [2.75, 3.05) is 25.6 Å². The first-order valence-corrected chi connectivity index (χ1v) is 7.70. The zero-order chi connectivity index (χ0) is 14.2. The van der Waals surface area contributed by atoms with Crippen molar-refractivity contribution in [3.05, 3.63) is 28.2 Å². The molecular weight excluding hydrogens is 322 g/mol. The van der Waals surface area contributed by atoms with E-state index in [2.05, 4.69) is 15.9 Å². The van der Waals surface area contributed by atoms with Gasteiger partial charge in [-0.3, -0.25) is 4.79 Å². The molecule has 0 amide bonds. The third-order valence-electron chi connectivity index (χ3n) is 4.21. The Morgan fingerprint density at radius 2 is 2.25 bits per heavy atom. The van der Waals surface area contributed by atoms with E-state index in [0.29, 0.717) is 24.5 Å². The summed E-state index contributed by atoms with van der Waals surface area (Å²) in [6.07, 6.45) is 2.37. The Labute approximate surface area is 126 Å². The molecule has 0 radical (unpaired) electrons. The van der Waals surface area contributed by atoms with Gasteiger partial charge >= 0.3 is 0 Å². The number of nitrogens with two attached hydrogens (primary N) is 1. The molecule has 0 aliphatic carbocycles. The van der Waals surface area contributed by atoms with Crippen molar-refractivity contribution in [2.45, 2.75) is 24.9 Å². The van der Waals surface area contributed by atoms with E-state index in [9.17, 15) is 4.79 Å². The van der Waals surface area contributed by atoms with Crippen LogP contribution in [0.5, 0.6) is 0 Å². The Morgan fingerprint density at radius 3 is 3.00 bits per heavy atom. The Hall–Kier alpha value is -0.910. The van der Waals surface area contributed by atoms with Crippen LogP contribution in [0.4, 0.5) is 5.69 Å². The highest BCUT2D eigenvalue weighted by atomic mass is 79.9. The number of rotatable bonds is 2. The van der Waals surface area contributed by atoms with Crippen LogP contribution >= 0.6 is 15.9 Å². The molecule has 0 saturated carbocycles. The van der Waals surface area contributed by atoms with Crippen molar-refractivity contribution in [3.63, 3.8) is 0 Å². The van der Waals surface area contributed by atoms with Crippen molar-refractivity contribution >= 4 is 27.4 Å². The average molecular weight is 340 g/mol. The van der Waals surface area contributed by atoms with Gasteiger partial charge in [-0.15, -0.1) is 0 Å². The molecule has 2 fully saturated rings. The quantitative estimate of drug-likeness (QED) is 0.664. The fourth-order valence-corrected chi connectivity index (χ4v) is 3.44. The summed E-state index contributed by atoms with van der Waals surface area (Å²) in [5, 5.41) is 0. The maximum Gasteiger partial charge on any atom is 0.168 e. The van der Waals surface area contributed by atoms with Gasteiger partial charge in [0.05, 0.1) is 12.2 Å². The Kier molecular flexibility index (Phi) is 3.84. The number of ketones is 1. The van der Waals surface area contributed by atoms with Gasteiger partial charge < -0.3 is 15.2 Å². The Balaban J connectivity index is 1.81. The van der Waals surface area contributed by atoms with Crippen LogP contribution in [0.3, 0.4) is 0 Å². The summed E-state index contributed by atoms with van der Waals surface area (Å²) in [4.78, 5) is 12.7. The summed E-state index contributed by atoms with van der Waals surface area (Å²) < 4.78 is 12.2. The Morgan fingerprint density at radius 1 is 1.40 bits per heavy atom. The molecule has 2 heterocycles. The summed E-state index contributed by atoms with van der Waals surface area (Å²) >= 11 is 3.40. The van der Waals surface area contributed by atoms with E-state index in [0.717, 1.165) is 30.3 Å². The van der Waals surface area contributed by atoms with E-state index in [-0.39, 0.29) is 17.3 Å². The van der Waals surface area contributed by atoms with E-state index in [4.69, 9.17) is 15.2 Å². The smallest absolute Gasteiger partial charge is 0.168 e. The second kappa shape index (κ2) is 5.47. The van der Waals surface area contributed by atoms with Gasteiger partial charge in [-0.25, -0.2) is 0 Å². The molecule has 4 nitrogen and oxygen atoms in total. The summed E-state index contributed by atoms with van der Waals surface area (Å²) in [6.45, 7) is 1.94. The van der Waals surface area contributed by atoms with Crippen LogP contribution in [0.1, 0.15) is 29.6 Å². The minimum atomic E-state index is -0.251. The lowest BCUT2D eigenvalue weighted by molar-refractivity contribution is -0.0920. The maximum atomic E-state index is 12.7. The molecule has 2 aliphatic rings. The minimum Gasteiger partial charge on any atom is -0.398 e. The zero-order valence-electron chi connectivity index (χ0n) is 11.2. The predicted octanol–water partition coefficient (Wildman–Crippen LogP) is 2.80. The lowest BCUT2D eigenvalue weighted by Gasteiger charge is -2.36. The maximum absolute atomic E-state index is 12.7. The number of carbonyl (C=O) groups is 1. The highest BCUT2D eigenvalue weighted by molar-refractivity contribution is 9.10. The third kappa shape index (κ3) is 2.62. The van der Waals surface area contributed by atoms with Crippen molar-refractivity contribution < 1.29 is 14.3 Å². The molecule has 3 rings (SSSR count). The highest BCUT2D eigenvalue weighted by Gasteiger charge is 2.43. The van der Waals surface area contributed by atoms with Gasteiger partial charge in [0, 0.05) is 41.3 Å². The van der Waals surface area contributed by atoms with Crippen molar-refractivity contribution in [3.8, 4) is 0 Å². The third-order valence-corrected chi connectivity index (χ3v) is 4.70. The first-order chi connectivity index (χ1) is 9.60. The topological polar surface area (TPSA) is 61.6 Å². The molecular formula is C15H18BrNO3. The lowest BCUT2D eigenvalue weighted by atomic mass is 9.81. The molecule has 2 unspecified atom stereocenters. The number of anilines is 1. The molecule has 0 bridgehead atoms. The number of carbonyl (C=O) groups excluding carboxylic acids is 1. The van der Waals surface area contributed by atoms with E-state index in [1.165, 1.54) is 0 Å². The normalized spacial score (nSPS) is 29.8. The van der Waals surface area contributed by atoms with Gasteiger partial charge in [0.25, 0.3) is 0 Å². The molecule has 2 atom stereocenters. The standard InChI is InChI=1S/C15H18BrNO3/c16-11-1-2-13(17)12(7-11)14(18)10-3-5-20-15(8-10)4-6-19-9-15/h1-2,7,10H,3-6,8-9,17H2. The summed E-state index contributed by atoms with van der Waals surface area (Å²) in [6, 6.07) is 5.43. The summed E-state index contributed by atoms with van der Waals surface area (Å²) in [7, 11) is 0. The van der Waals surface area contributed by atoms with Gasteiger partial charge in [0.15, 0.2) is 5.78 Å². The molecule has 1 aromatic rings. The molecule has 2 saturated heterocycles. The number of hydrogen-bond donors (Lipinski definition) is 1. The number of Topliss-reactive ketones (excluding diaryl/α,β-unsaturated/α-hetero) is 1. The molecule has 0 aromatic heterocycles. The van der Waals surface area contributed by atoms with Crippen LogP contribution in [0.2, 0.25) is 0 Å². The molecule has 2 N–H and O–H groups in total. The zero-order valence-corrected chi connectivity index (χ0v) is 12.8. The second-order valence-corrected chi connectivity index (χ2v) is 6.54. The molecule has 108 valence electrons. The van der Waals surface area contributed by atoms with Crippen molar-refractivity contribution in [2.24, 2.45) is 5.92 Å². The largest absolute Gasteiger partial charge is 0.398 e. The number of halogens is 1. The van der Waals surface area contributed by atoms with E-state index < -0.39 is 0 Å². The molecule has 1 aromatic carbocycles. The molecule has 20 heavy (non-hydrogen) atoms. The fourth-order valence-electron chi connectivity index (χ4n) is 3.08. The lowest BCUT2D eigenvalue weighted by Crippen LogP contribution is -2.42. The van der Waals surface area contributed by atoms with Crippen LogP contribution in [-0.2, 0) is 9.47 Å². The van der Waals surface area contributed by atoms with Crippen LogP contribution < -0.4 is 5.73 Å². The Bertz CT molecular complexity index is 526. The number of benzene rings is 1. The van der Waals surface area contributed by atoms with E-state index in [1.54, 1.807) is 6.07 Å². The number of nitrogen functional groups attached to an aromatic ring is 1.